The number of aromatic nitrogens is 1. The first-order valence-corrected chi connectivity index (χ1v) is 28.4. The summed E-state index contributed by atoms with van der Waals surface area (Å²) in [7, 11) is 0. The van der Waals surface area contributed by atoms with E-state index in [4.69, 9.17) is 4.42 Å². The Morgan fingerprint density at radius 3 is 1.58 bits per heavy atom. The lowest BCUT2D eigenvalue weighted by Crippen LogP contribution is -2.60. The molecule has 0 bridgehead atoms. The SMILES string of the molecule is CC(C)(C)c1ccc(N2B3c4ccc(N(c5ccc(C(C)(C)C)cc5)c5ccc(C(C)(C)C)cc5)cc4-n4c5ccc(C(C)(C)C)cc5c5c6oc7ccccc7c6c(c3c54)-c3cc4c(cc32)C(C)(C)CCC4(C)C)cc1. The molecule has 8 aromatic carbocycles. The fraction of sp³-hybridized carbons (Fsp3) is 0.333. The quantitative estimate of drug-likeness (QED) is 0.164. The van der Waals surface area contributed by atoms with E-state index in [0.717, 1.165) is 41.1 Å². The van der Waals surface area contributed by atoms with Gasteiger partial charge in [-0.25, -0.2) is 0 Å². The van der Waals surface area contributed by atoms with Gasteiger partial charge in [-0.2, -0.15) is 0 Å². The second-order valence-electron chi connectivity index (χ2n) is 28.6. The van der Waals surface area contributed by atoms with E-state index in [1.807, 2.05) is 0 Å². The van der Waals surface area contributed by atoms with E-state index in [-0.39, 0.29) is 39.3 Å². The Labute approximate surface area is 458 Å². The Balaban J connectivity index is 1.20. The van der Waals surface area contributed by atoms with Crippen LogP contribution in [0.4, 0.5) is 28.4 Å². The van der Waals surface area contributed by atoms with Gasteiger partial charge in [0, 0.05) is 55.8 Å². The molecule has 5 heteroatoms. The van der Waals surface area contributed by atoms with Crippen LogP contribution in [0.15, 0.2) is 150 Å². The summed E-state index contributed by atoms with van der Waals surface area (Å²) in [4.78, 5) is 5.21. The number of para-hydroxylation sites is 1. The van der Waals surface area contributed by atoms with E-state index in [9.17, 15) is 0 Å². The number of hydrogen-bond donors (Lipinski definition) is 0. The molecule has 13 rings (SSSR count). The lowest BCUT2D eigenvalue weighted by Gasteiger charge is -2.46. The van der Waals surface area contributed by atoms with Gasteiger partial charge in [-0.15, -0.1) is 0 Å². The standard InChI is InChI=1S/C72H76BN3O/c1-67(2,3)43-21-28-47(29-22-43)74(48-30-23-44(24-31-48)68(4,5)6)50-34-35-56-59(40-50)75-57-36-27-46(70(10,11)12)39-52(57)63-65(75)64-61(62-51-19-17-18-20-60(51)77-66(62)63)53-41-54-55(72(15,16)38-37-71(54,13)14)42-58(53)76(73(56)64)49-32-25-45(26-33-49)69(7,8)9/h17-36,39-42H,37-38H2,1-16H3. The molecule has 0 saturated heterocycles. The maximum atomic E-state index is 7.39. The third-order valence-corrected chi connectivity index (χ3v) is 18.3. The van der Waals surface area contributed by atoms with E-state index in [0.29, 0.717) is 0 Å². The Morgan fingerprint density at radius 2 is 1.01 bits per heavy atom. The predicted octanol–water partition coefficient (Wildman–Crippen LogP) is 18.9. The molecule has 0 amide bonds. The van der Waals surface area contributed by atoms with Crippen molar-refractivity contribution in [1.29, 1.82) is 0 Å². The number of nitrogens with zero attached hydrogens (tertiary/aromatic N) is 3. The Kier molecular flexibility index (Phi) is 10.5. The second kappa shape index (κ2) is 16.3. The van der Waals surface area contributed by atoms with Gasteiger partial charge in [0.2, 0.25) is 0 Å². The van der Waals surface area contributed by atoms with Crippen LogP contribution in [0.3, 0.4) is 0 Å². The highest BCUT2D eigenvalue weighted by Gasteiger charge is 2.48. The molecule has 0 N–H and O–H groups in total. The molecule has 2 aromatic heterocycles. The molecule has 2 aliphatic heterocycles. The van der Waals surface area contributed by atoms with E-state index in [1.165, 1.54) is 105 Å². The smallest absolute Gasteiger partial charge is 0.333 e. The summed E-state index contributed by atoms with van der Waals surface area (Å²) in [5.74, 6) is 0. The molecule has 0 spiro atoms. The summed E-state index contributed by atoms with van der Waals surface area (Å²) in [6.45, 7) is 37.5. The summed E-state index contributed by atoms with van der Waals surface area (Å²) in [5.41, 5.74) is 24.7. The van der Waals surface area contributed by atoms with Crippen LogP contribution in [0.1, 0.15) is 157 Å². The summed E-state index contributed by atoms with van der Waals surface area (Å²) in [5, 5.41) is 4.80. The highest BCUT2D eigenvalue weighted by Crippen LogP contribution is 2.56. The molecule has 4 nitrogen and oxygen atoms in total. The van der Waals surface area contributed by atoms with Crippen LogP contribution in [-0.4, -0.2) is 11.4 Å². The maximum Gasteiger partial charge on any atom is 0.333 e. The van der Waals surface area contributed by atoms with Crippen molar-refractivity contribution in [2.45, 2.75) is 156 Å². The van der Waals surface area contributed by atoms with Crippen molar-refractivity contribution >= 4 is 90.0 Å². The predicted molar refractivity (Wildman–Crippen MR) is 332 cm³/mol. The van der Waals surface area contributed by atoms with E-state index in [1.54, 1.807) is 0 Å². The van der Waals surface area contributed by atoms with Crippen molar-refractivity contribution in [3.8, 4) is 16.8 Å². The fourth-order valence-corrected chi connectivity index (χ4v) is 13.5. The van der Waals surface area contributed by atoms with Gasteiger partial charge in [0.25, 0.3) is 0 Å². The zero-order valence-electron chi connectivity index (χ0n) is 48.6. The molecular formula is C72H76BN3O. The van der Waals surface area contributed by atoms with Crippen LogP contribution in [-0.2, 0) is 32.5 Å². The zero-order valence-corrected chi connectivity index (χ0v) is 48.6. The van der Waals surface area contributed by atoms with Gasteiger partial charge < -0.3 is 18.7 Å². The first-order chi connectivity index (χ1) is 36.2. The average Bonchev–Trinajstić information content (AvgIpc) is 3.36. The number of rotatable bonds is 4. The third-order valence-electron chi connectivity index (χ3n) is 18.3. The third kappa shape index (κ3) is 7.52. The molecule has 3 aliphatic rings. The van der Waals surface area contributed by atoms with Crippen LogP contribution in [0, 0.1) is 0 Å². The molecule has 0 atom stereocenters. The molecule has 10 aromatic rings. The lowest BCUT2D eigenvalue weighted by atomic mass is 9.43. The minimum Gasteiger partial charge on any atom is -0.455 e. The average molecular weight is 1010 g/mol. The maximum absolute atomic E-state index is 7.39. The first-order valence-electron chi connectivity index (χ1n) is 28.4. The molecule has 0 radical (unpaired) electrons. The molecule has 0 unspecified atom stereocenters. The monoisotopic (exact) mass is 1010 g/mol. The van der Waals surface area contributed by atoms with Crippen molar-refractivity contribution in [2.75, 3.05) is 9.71 Å². The van der Waals surface area contributed by atoms with Gasteiger partial charge in [0.05, 0.1) is 16.4 Å². The molecule has 1 aliphatic carbocycles. The number of fused-ring (bicyclic) bond motifs is 14. The largest absolute Gasteiger partial charge is 0.455 e. The summed E-state index contributed by atoms with van der Waals surface area (Å²) in [6.07, 6.45) is 2.28. The second-order valence-corrected chi connectivity index (χ2v) is 28.6. The Morgan fingerprint density at radius 1 is 0.494 bits per heavy atom. The van der Waals surface area contributed by atoms with Crippen molar-refractivity contribution < 1.29 is 4.42 Å². The minimum absolute atomic E-state index is 0.000277. The number of benzene rings is 8. The van der Waals surface area contributed by atoms with Gasteiger partial charge in [0.15, 0.2) is 0 Å². The normalized spacial score (nSPS) is 15.8. The van der Waals surface area contributed by atoms with Gasteiger partial charge in [-0.3, -0.25) is 0 Å². The molecule has 0 fully saturated rings. The van der Waals surface area contributed by atoms with Crippen molar-refractivity contribution in [3.63, 3.8) is 0 Å². The van der Waals surface area contributed by atoms with Gasteiger partial charge in [0.1, 0.15) is 11.2 Å². The number of hydrogen-bond acceptors (Lipinski definition) is 3. The molecular weight excluding hydrogens is 934 g/mol. The van der Waals surface area contributed by atoms with E-state index >= 15 is 0 Å². The summed E-state index contributed by atoms with van der Waals surface area (Å²) in [6, 6.07) is 56.8. The van der Waals surface area contributed by atoms with Crippen LogP contribution >= 0.6 is 0 Å². The fourth-order valence-electron chi connectivity index (χ4n) is 13.5. The van der Waals surface area contributed by atoms with Gasteiger partial charge >= 0.3 is 6.85 Å². The van der Waals surface area contributed by atoms with Crippen LogP contribution in [0.5, 0.6) is 0 Å². The lowest BCUT2D eigenvalue weighted by molar-refractivity contribution is 0.332. The van der Waals surface area contributed by atoms with Crippen LogP contribution < -0.4 is 20.6 Å². The van der Waals surface area contributed by atoms with Gasteiger partial charge in [-0.1, -0.05) is 178 Å². The van der Waals surface area contributed by atoms with Crippen LogP contribution in [0.25, 0.3) is 60.6 Å². The Bertz CT molecular complexity index is 4000. The first kappa shape index (κ1) is 49.6. The molecule has 0 saturated carbocycles. The summed E-state index contributed by atoms with van der Waals surface area (Å²) >= 11 is 0. The summed E-state index contributed by atoms with van der Waals surface area (Å²) < 4.78 is 10.0. The highest BCUT2D eigenvalue weighted by molar-refractivity contribution is 6.94. The molecule has 4 heterocycles. The van der Waals surface area contributed by atoms with Crippen molar-refractivity contribution in [1.82, 2.24) is 4.57 Å². The molecule has 388 valence electrons. The van der Waals surface area contributed by atoms with Crippen LogP contribution in [0.2, 0.25) is 0 Å². The molecule has 77 heavy (non-hydrogen) atoms. The van der Waals surface area contributed by atoms with Crippen molar-refractivity contribution in [2.24, 2.45) is 0 Å². The van der Waals surface area contributed by atoms with Crippen molar-refractivity contribution in [3.05, 3.63) is 179 Å². The minimum atomic E-state index is -0.176. The number of furan rings is 1. The Hall–Kier alpha value is -6.98. The number of anilines is 5. The van der Waals surface area contributed by atoms with Gasteiger partial charge in [-0.05, 0) is 174 Å². The van der Waals surface area contributed by atoms with E-state index in [2.05, 4.69) is 271 Å². The zero-order chi connectivity index (χ0) is 54.3. The van der Waals surface area contributed by atoms with E-state index < -0.39 is 0 Å². The highest BCUT2D eigenvalue weighted by atomic mass is 16.3. The topological polar surface area (TPSA) is 24.6 Å².